The Morgan fingerprint density at radius 2 is 2.00 bits per heavy atom. The van der Waals surface area contributed by atoms with Crippen LogP contribution in [0, 0.1) is 11.8 Å². The summed E-state index contributed by atoms with van der Waals surface area (Å²) < 4.78 is 11.5. The Labute approximate surface area is 141 Å². The normalized spacial score (nSPS) is 15.7. The van der Waals surface area contributed by atoms with Crippen LogP contribution in [0.3, 0.4) is 0 Å². The number of hydrogen-bond acceptors (Lipinski definition) is 4. The van der Waals surface area contributed by atoms with Crippen LogP contribution in [0.15, 0.2) is 41.4 Å². The average molecular weight is 350 g/mol. The highest BCUT2D eigenvalue weighted by Gasteiger charge is 2.51. The van der Waals surface area contributed by atoms with Gasteiger partial charge < -0.3 is 5.11 Å². The number of para-hydroxylation sites is 1. The highest BCUT2D eigenvalue weighted by molar-refractivity contribution is 7.99. The number of pyridine rings is 1. The third kappa shape index (κ3) is 3.91. The van der Waals surface area contributed by atoms with Gasteiger partial charge in [0.1, 0.15) is 0 Å². The fourth-order valence-electron chi connectivity index (χ4n) is 2.61. The zero-order chi connectivity index (χ0) is 17.0. The molecule has 2 aromatic rings. The third-order valence-electron chi connectivity index (χ3n) is 4.19. The van der Waals surface area contributed by atoms with Gasteiger partial charge in [-0.3, -0.25) is 0 Å². The molecule has 6 heteroatoms. The molecule has 0 amide bonds. The van der Waals surface area contributed by atoms with Crippen molar-refractivity contribution in [3.05, 3.63) is 36.4 Å². The molecule has 0 fully saturated rings. The van der Waals surface area contributed by atoms with E-state index >= 15 is 0 Å². The van der Waals surface area contributed by atoms with Crippen molar-refractivity contribution in [2.75, 3.05) is 5.75 Å². The van der Waals surface area contributed by atoms with Gasteiger partial charge in [-0.1, -0.05) is 42.7 Å². The first-order valence-electron chi connectivity index (χ1n) is 7.49. The van der Waals surface area contributed by atoms with Crippen molar-refractivity contribution in [2.24, 2.45) is 11.8 Å². The van der Waals surface area contributed by atoms with Crippen molar-refractivity contribution in [1.82, 2.24) is 4.98 Å². The Hall–Kier alpha value is -1.45. The van der Waals surface area contributed by atoms with Crippen LogP contribution in [0.4, 0.5) is 0 Å². The van der Waals surface area contributed by atoms with E-state index in [0.717, 1.165) is 15.9 Å². The molecule has 0 spiro atoms. The second kappa shape index (κ2) is 7.41. The maximum absolute atomic E-state index is 11.6. The summed E-state index contributed by atoms with van der Waals surface area (Å²) in [5.41, 5.74) is 0.922. The first-order valence-corrected chi connectivity index (χ1v) is 9.39. The number of fused-ring (bicyclic) bond motifs is 1. The van der Waals surface area contributed by atoms with Crippen LogP contribution in [-0.4, -0.2) is 27.0 Å². The van der Waals surface area contributed by atoms with Crippen LogP contribution in [0.5, 0.6) is 0 Å². The Balaban J connectivity index is 2.20. The van der Waals surface area contributed by atoms with Crippen LogP contribution < -0.4 is 0 Å². The monoisotopic (exact) mass is 350 g/mol. The molecule has 0 saturated heterocycles. The molecule has 0 aliphatic heterocycles. The molecule has 3 atom stereocenters. The first kappa shape index (κ1) is 17.9. The lowest BCUT2D eigenvalue weighted by atomic mass is 9.85. The Kier molecular flexibility index (Phi) is 5.77. The Morgan fingerprint density at radius 3 is 2.61 bits per heavy atom. The van der Waals surface area contributed by atoms with Gasteiger partial charge in [0, 0.05) is 17.1 Å². The van der Waals surface area contributed by atoms with Crippen LogP contribution >= 0.6 is 20.2 Å². The molecule has 1 N–H and O–H groups in total. The molecule has 0 aliphatic rings. The quantitative estimate of drug-likeness (QED) is 0.589. The zero-order valence-corrected chi connectivity index (χ0v) is 15.3. The maximum atomic E-state index is 11.6. The van der Waals surface area contributed by atoms with E-state index in [1.165, 1.54) is 11.8 Å². The number of benzene rings is 1. The number of thioether (sulfide) groups is 1. The van der Waals surface area contributed by atoms with Crippen molar-refractivity contribution >= 4 is 37.1 Å². The smallest absolute Gasteiger partial charge is 0.358 e. The second-order valence-electron chi connectivity index (χ2n) is 6.11. The lowest BCUT2D eigenvalue weighted by Gasteiger charge is -2.26. The van der Waals surface area contributed by atoms with Crippen LogP contribution in [0.25, 0.3) is 10.9 Å². The molecule has 122 valence electrons. The molecule has 1 aromatic heterocycles. The van der Waals surface area contributed by atoms with Gasteiger partial charge in [-0.15, -0.1) is 11.8 Å². The predicted octanol–water partition coefficient (Wildman–Crippen LogP) is 4.47. The molecule has 3 unspecified atom stereocenters. The maximum Gasteiger partial charge on any atom is 0.358 e. The van der Waals surface area contributed by atoms with Gasteiger partial charge >= 0.3 is 14.4 Å². The molecular formula is C17H21NO3PS+. The van der Waals surface area contributed by atoms with Gasteiger partial charge in [0.2, 0.25) is 0 Å². The van der Waals surface area contributed by atoms with Crippen molar-refractivity contribution in [1.29, 1.82) is 0 Å². The molecular weight excluding hydrogens is 329 g/mol. The molecule has 4 nitrogen and oxygen atoms in total. The van der Waals surface area contributed by atoms with E-state index in [2.05, 4.69) is 4.98 Å². The number of carbonyl (C=O) groups is 1. The fourth-order valence-corrected chi connectivity index (χ4v) is 4.82. The highest BCUT2D eigenvalue weighted by atomic mass is 32.2. The minimum atomic E-state index is -1.22. The van der Waals surface area contributed by atoms with Gasteiger partial charge in [-0.05, 0) is 25.0 Å². The molecule has 1 aromatic carbocycles. The van der Waals surface area contributed by atoms with E-state index in [-0.39, 0.29) is 11.8 Å². The van der Waals surface area contributed by atoms with Gasteiger partial charge in [-0.2, -0.15) is 0 Å². The summed E-state index contributed by atoms with van der Waals surface area (Å²) in [6.45, 7) is 5.51. The summed E-state index contributed by atoms with van der Waals surface area (Å²) >= 11 is 1.52. The largest absolute Gasteiger partial charge is 0.478 e. The molecule has 2 rings (SSSR count). The van der Waals surface area contributed by atoms with E-state index in [0.29, 0.717) is 5.75 Å². The molecule has 23 heavy (non-hydrogen) atoms. The van der Waals surface area contributed by atoms with E-state index in [1.54, 1.807) is 6.92 Å². The topological polar surface area (TPSA) is 67.3 Å². The molecule has 0 bridgehead atoms. The van der Waals surface area contributed by atoms with Gasteiger partial charge in [0.15, 0.2) is 0 Å². The van der Waals surface area contributed by atoms with E-state index in [4.69, 9.17) is 0 Å². The number of hydrogen-bond donors (Lipinski definition) is 1. The van der Waals surface area contributed by atoms with Crippen molar-refractivity contribution in [3.63, 3.8) is 0 Å². The Bertz CT molecular complexity index is 722. The second-order valence-corrected chi connectivity index (χ2v) is 8.40. The predicted molar refractivity (Wildman–Crippen MR) is 95.8 cm³/mol. The number of carboxylic acids is 1. The first-order chi connectivity index (χ1) is 10.9. The third-order valence-corrected chi connectivity index (χ3v) is 6.24. The number of aromatic nitrogens is 1. The summed E-state index contributed by atoms with van der Waals surface area (Å²) in [7, 11) is -0.876. The SMILES string of the molecule is CC(C)C(CSc1ccc2ccccc2n1)C(C)([PH+]=O)C(=O)O. The van der Waals surface area contributed by atoms with Crippen molar-refractivity contribution in [3.8, 4) is 0 Å². The number of aliphatic carboxylic acids is 1. The highest BCUT2D eigenvalue weighted by Crippen LogP contribution is 2.39. The van der Waals surface area contributed by atoms with Crippen LogP contribution in [0.2, 0.25) is 0 Å². The summed E-state index contributed by atoms with van der Waals surface area (Å²) in [5.74, 6) is -0.516. The minimum Gasteiger partial charge on any atom is -0.478 e. The summed E-state index contributed by atoms with van der Waals surface area (Å²) in [5, 5.41) is 10.2. The fraction of sp³-hybridized carbons (Fsp3) is 0.412. The standard InChI is InChI=1S/C17H20NO3PS/c1-11(2)13(17(3,22-21)16(19)20)10-23-15-9-8-12-6-4-5-7-14(12)18-15/h4-9,11,13H,10H2,1-3H3,(H,19,20)/p+1. The number of carboxylic acid groups (broad SMARTS) is 1. The zero-order valence-electron chi connectivity index (χ0n) is 13.4. The summed E-state index contributed by atoms with van der Waals surface area (Å²) in [6.07, 6.45) is 0. The summed E-state index contributed by atoms with van der Waals surface area (Å²) in [6, 6.07) is 11.8. The lowest BCUT2D eigenvalue weighted by Crippen LogP contribution is -2.41. The van der Waals surface area contributed by atoms with E-state index in [9.17, 15) is 14.5 Å². The van der Waals surface area contributed by atoms with E-state index in [1.807, 2.05) is 50.2 Å². The minimum absolute atomic E-state index is 0.116. The molecule has 1 heterocycles. The molecule has 0 saturated carbocycles. The van der Waals surface area contributed by atoms with Gasteiger partial charge in [0.05, 0.1) is 10.5 Å². The van der Waals surface area contributed by atoms with E-state index < -0.39 is 19.6 Å². The van der Waals surface area contributed by atoms with Gasteiger partial charge in [0.25, 0.3) is 5.16 Å². The number of rotatable bonds is 7. The average Bonchev–Trinajstić information content (AvgIpc) is 2.54. The van der Waals surface area contributed by atoms with Crippen molar-refractivity contribution < 1.29 is 14.5 Å². The Morgan fingerprint density at radius 1 is 1.30 bits per heavy atom. The van der Waals surface area contributed by atoms with Crippen LogP contribution in [0.1, 0.15) is 20.8 Å². The van der Waals surface area contributed by atoms with Gasteiger partial charge in [-0.25, -0.2) is 9.78 Å². The molecule has 0 aliphatic carbocycles. The van der Waals surface area contributed by atoms with Crippen molar-refractivity contribution in [2.45, 2.75) is 31.0 Å². The number of nitrogens with zero attached hydrogens (tertiary/aromatic N) is 1. The summed E-state index contributed by atoms with van der Waals surface area (Å²) in [4.78, 5) is 16.2. The lowest BCUT2D eigenvalue weighted by molar-refractivity contribution is -0.141. The van der Waals surface area contributed by atoms with Crippen LogP contribution in [-0.2, 0) is 9.36 Å². The molecule has 0 radical (unpaired) electrons.